The lowest BCUT2D eigenvalue weighted by Gasteiger charge is -2.10. The van der Waals surface area contributed by atoms with Gasteiger partial charge in [-0.05, 0) is 29.3 Å². The van der Waals surface area contributed by atoms with Crippen LogP contribution in [0.1, 0.15) is 5.56 Å². The number of benzene rings is 1. The molecule has 0 saturated heterocycles. The molecule has 1 N–H and O–H groups in total. The van der Waals surface area contributed by atoms with E-state index >= 15 is 0 Å². The molecule has 0 atom stereocenters. The largest absolute Gasteiger partial charge is 0.481 e. The minimum Gasteiger partial charge on any atom is -0.481 e. The summed E-state index contributed by atoms with van der Waals surface area (Å²) in [6.07, 6.45) is 5.32. The third-order valence-corrected chi connectivity index (χ3v) is 3.67. The van der Waals surface area contributed by atoms with E-state index in [-0.39, 0.29) is 0 Å². The van der Waals surface area contributed by atoms with Crippen molar-refractivity contribution in [1.82, 2.24) is 14.8 Å². The second-order valence-electron chi connectivity index (χ2n) is 5.14. The van der Waals surface area contributed by atoms with Gasteiger partial charge in [-0.15, -0.1) is 0 Å². The second kappa shape index (κ2) is 7.33. The number of nitrogens with one attached hydrogen (secondary N) is 1. The van der Waals surface area contributed by atoms with Crippen LogP contribution in [0, 0.1) is 0 Å². The molecular weight excluding hydrogens is 328 g/mol. The normalized spacial score (nSPS) is 10.6. The highest BCUT2D eigenvalue weighted by atomic mass is 35.5. The molecule has 0 radical (unpaired) electrons. The summed E-state index contributed by atoms with van der Waals surface area (Å²) in [6.45, 7) is 0.579. The van der Waals surface area contributed by atoms with Gasteiger partial charge in [-0.2, -0.15) is 5.10 Å². The van der Waals surface area contributed by atoms with Gasteiger partial charge >= 0.3 is 0 Å². The van der Waals surface area contributed by atoms with E-state index in [2.05, 4.69) is 15.6 Å². The molecule has 0 aliphatic heterocycles. The highest BCUT2D eigenvalue weighted by molar-refractivity contribution is 6.30. The Bertz CT molecular complexity index is 835. The maximum Gasteiger partial charge on any atom is 0.221 e. The van der Waals surface area contributed by atoms with Crippen molar-refractivity contribution < 1.29 is 9.57 Å². The fourth-order valence-electron chi connectivity index (χ4n) is 2.42. The Labute approximate surface area is 145 Å². The Kier molecular flexibility index (Phi) is 4.98. The van der Waals surface area contributed by atoms with Gasteiger partial charge in [0.1, 0.15) is 0 Å². The zero-order valence-electron chi connectivity index (χ0n) is 13.4. The van der Waals surface area contributed by atoms with Crippen LogP contribution in [0.4, 0.5) is 5.69 Å². The standard InChI is InChI=1S/C17H17ClN4O2/c1-23-17-16(13-4-3-5-14(18)7-13)6-12(8-19-17)10-22-11-15(9-20-22)21-24-2/h3-9,11,21H,10H2,1-2H3. The van der Waals surface area contributed by atoms with Gasteiger partial charge in [0.05, 0.1) is 38.8 Å². The number of hydrogen-bond acceptors (Lipinski definition) is 5. The van der Waals surface area contributed by atoms with Gasteiger partial charge in [-0.1, -0.05) is 23.7 Å². The predicted octanol–water partition coefficient (Wildman–Crippen LogP) is 3.63. The molecule has 0 spiro atoms. The van der Waals surface area contributed by atoms with E-state index in [4.69, 9.17) is 21.2 Å². The average molecular weight is 345 g/mol. The molecule has 0 unspecified atom stereocenters. The Balaban J connectivity index is 1.90. The smallest absolute Gasteiger partial charge is 0.221 e. The number of nitrogens with zero attached hydrogens (tertiary/aromatic N) is 3. The van der Waals surface area contributed by atoms with Crippen LogP contribution in [0.2, 0.25) is 5.02 Å². The van der Waals surface area contributed by atoms with Crippen LogP contribution >= 0.6 is 11.6 Å². The number of anilines is 1. The summed E-state index contributed by atoms with van der Waals surface area (Å²) < 4.78 is 7.18. The molecule has 1 aromatic carbocycles. The Morgan fingerprint density at radius 2 is 2.08 bits per heavy atom. The zero-order valence-corrected chi connectivity index (χ0v) is 14.1. The molecule has 24 heavy (non-hydrogen) atoms. The quantitative estimate of drug-likeness (QED) is 0.692. The molecule has 0 fully saturated rings. The minimum absolute atomic E-state index is 0.559. The fourth-order valence-corrected chi connectivity index (χ4v) is 2.61. The third-order valence-electron chi connectivity index (χ3n) is 3.43. The number of pyridine rings is 1. The first-order chi connectivity index (χ1) is 11.7. The van der Waals surface area contributed by atoms with Crippen molar-refractivity contribution in [3.8, 4) is 17.0 Å². The molecule has 3 rings (SSSR count). The molecule has 2 heterocycles. The molecule has 3 aromatic rings. The van der Waals surface area contributed by atoms with Crippen molar-refractivity contribution >= 4 is 17.3 Å². The second-order valence-corrected chi connectivity index (χ2v) is 5.58. The lowest BCUT2D eigenvalue weighted by Crippen LogP contribution is -2.02. The van der Waals surface area contributed by atoms with Crippen molar-refractivity contribution in [1.29, 1.82) is 0 Å². The van der Waals surface area contributed by atoms with E-state index in [0.717, 1.165) is 22.4 Å². The summed E-state index contributed by atoms with van der Waals surface area (Å²) in [5, 5.41) is 4.95. The predicted molar refractivity (Wildman–Crippen MR) is 93.2 cm³/mol. The monoisotopic (exact) mass is 344 g/mol. The lowest BCUT2D eigenvalue weighted by molar-refractivity contribution is 0.271. The van der Waals surface area contributed by atoms with Gasteiger partial charge in [-0.3, -0.25) is 15.0 Å². The highest BCUT2D eigenvalue weighted by Crippen LogP contribution is 2.30. The number of ether oxygens (including phenoxy) is 1. The van der Waals surface area contributed by atoms with Crippen LogP contribution in [0.25, 0.3) is 11.1 Å². The fraction of sp³-hybridized carbons (Fsp3) is 0.176. The molecule has 0 aliphatic rings. The van der Waals surface area contributed by atoms with Gasteiger partial charge in [0.2, 0.25) is 5.88 Å². The first kappa shape index (κ1) is 16.3. The maximum absolute atomic E-state index is 6.10. The van der Waals surface area contributed by atoms with Crippen molar-refractivity contribution in [3.63, 3.8) is 0 Å². The molecule has 2 aromatic heterocycles. The van der Waals surface area contributed by atoms with E-state index in [9.17, 15) is 0 Å². The lowest BCUT2D eigenvalue weighted by atomic mass is 10.1. The van der Waals surface area contributed by atoms with E-state index < -0.39 is 0 Å². The molecule has 0 amide bonds. The third kappa shape index (κ3) is 3.67. The van der Waals surface area contributed by atoms with Gasteiger partial charge < -0.3 is 4.74 Å². The van der Waals surface area contributed by atoms with Crippen LogP contribution in [0.5, 0.6) is 5.88 Å². The highest BCUT2D eigenvalue weighted by Gasteiger charge is 2.10. The van der Waals surface area contributed by atoms with Crippen LogP contribution < -0.4 is 10.2 Å². The molecule has 124 valence electrons. The van der Waals surface area contributed by atoms with E-state index in [1.165, 1.54) is 0 Å². The van der Waals surface area contributed by atoms with Crippen molar-refractivity contribution in [3.05, 3.63) is 59.5 Å². The molecule has 0 aliphatic carbocycles. The van der Waals surface area contributed by atoms with Crippen LogP contribution in [-0.4, -0.2) is 29.0 Å². The number of hydrogen-bond donors (Lipinski definition) is 1. The molecular formula is C17H17ClN4O2. The first-order valence-corrected chi connectivity index (χ1v) is 7.67. The Morgan fingerprint density at radius 1 is 1.21 bits per heavy atom. The summed E-state index contributed by atoms with van der Waals surface area (Å²) in [5.74, 6) is 0.559. The summed E-state index contributed by atoms with van der Waals surface area (Å²) >= 11 is 6.10. The number of halogens is 1. The van der Waals surface area contributed by atoms with Gasteiger partial charge in [0.15, 0.2) is 0 Å². The Hall–Kier alpha value is -2.57. The Morgan fingerprint density at radius 3 is 2.83 bits per heavy atom. The van der Waals surface area contributed by atoms with E-state index in [0.29, 0.717) is 17.4 Å². The van der Waals surface area contributed by atoms with E-state index in [1.807, 2.05) is 36.5 Å². The van der Waals surface area contributed by atoms with Gasteiger partial charge in [-0.25, -0.2) is 4.98 Å². The molecule has 0 saturated carbocycles. The van der Waals surface area contributed by atoms with E-state index in [1.54, 1.807) is 31.3 Å². The SMILES string of the molecule is CONc1cnn(Cc2cnc(OC)c(-c3cccc(Cl)c3)c2)c1. The summed E-state index contributed by atoms with van der Waals surface area (Å²) in [7, 11) is 3.16. The molecule has 6 nitrogen and oxygen atoms in total. The number of aromatic nitrogens is 3. The van der Waals surface area contributed by atoms with Gasteiger partial charge in [0, 0.05) is 16.8 Å². The summed E-state index contributed by atoms with van der Waals surface area (Å²) in [6, 6.07) is 9.63. The first-order valence-electron chi connectivity index (χ1n) is 7.30. The molecule has 7 heteroatoms. The van der Waals surface area contributed by atoms with Crippen LogP contribution in [0.3, 0.4) is 0 Å². The van der Waals surface area contributed by atoms with Crippen molar-refractivity contribution in [2.24, 2.45) is 0 Å². The van der Waals surface area contributed by atoms with Crippen molar-refractivity contribution in [2.45, 2.75) is 6.54 Å². The minimum atomic E-state index is 0.559. The topological polar surface area (TPSA) is 61.2 Å². The average Bonchev–Trinajstić information content (AvgIpc) is 3.02. The van der Waals surface area contributed by atoms with Crippen molar-refractivity contribution in [2.75, 3.05) is 19.7 Å². The number of methoxy groups -OCH3 is 1. The zero-order chi connectivity index (χ0) is 16.9. The van der Waals surface area contributed by atoms with Crippen LogP contribution in [-0.2, 0) is 11.4 Å². The summed E-state index contributed by atoms with van der Waals surface area (Å²) in [5.41, 5.74) is 6.37. The summed E-state index contributed by atoms with van der Waals surface area (Å²) in [4.78, 5) is 9.26. The van der Waals surface area contributed by atoms with Gasteiger partial charge in [0.25, 0.3) is 0 Å². The molecule has 0 bridgehead atoms. The maximum atomic E-state index is 6.10. The number of rotatable bonds is 6. The van der Waals surface area contributed by atoms with Crippen LogP contribution in [0.15, 0.2) is 48.9 Å².